The maximum absolute atomic E-state index is 12.4. The minimum absolute atomic E-state index is 0.0986. The van der Waals surface area contributed by atoms with E-state index in [4.69, 9.17) is 0 Å². The van der Waals surface area contributed by atoms with Gasteiger partial charge in [0.25, 0.3) is 5.91 Å². The molecule has 0 unspecified atom stereocenters. The molecule has 1 atom stereocenters. The number of hydrogen-bond acceptors (Lipinski definition) is 6. The smallest absolute Gasteiger partial charge is 0.354 e. The van der Waals surface area contributed by atoms with Crippen LogP contribution >= 0.6 is 11.3 Å². The molecule has 9 heteroatoms. The molecule has 1 aliphatic heterocycles. The van der Waals surface area contributed by atoms with Gasteiger partial charge in [0.05, 0.1) is 4.88 Å². The van der Waals surface area contributed by atoms with Crippen molar-refractivity contribution in [3.05, 3.63) is 38.8 Å². The molecule has 8 nitrogen and oxygen atoms in total. The largest absolute Gasteiger partial charge is 0.438 e. The average Bonchev–Trinajstić information content (AvgIpc) is 3.28. The SMILES string of the molecule is O=C(NCCc1noc(=O)[nH]1)[C@@H]1CCCN1C(=O)c1cccs1. The number of H-pyrrole nitrogens is 1. The number of carbonyl (C=O) groups is 2. The first kappa shape index (κ1) is 15.5. The van der Waals surface area contributed by atoms with Gasteiger partial charge in [-0.25, -0.2) is 4.79 Å². The van der Waals surface area contributed by atoms with Crippen molar-refractivity contribution in [2.75, 3.05) is 13.1 Å². The summed E-state index contributed by atoms with van der Waals surface area (Å²) in [6.07, 6.45) is 1.83. The number of aromatic nitrogens is 2. The van der Waals surface area contributed by atoms with E-state index in [0.717, 1.165) is 6.42 Å². The maximum Gasteiger partial charge on any atom is 0.438 e. The number of aromatic amines is 1. The number of rotatable bonds is 5. The van der Waals surface area contributed by atoms with Crippen LogP contribution in [0, 0.1) is 0 Å². The number of likely N-dealkylation sites (tertiary alicyclic amines) is 1. The highest BCUT2D eigenvalue weighted by atomic mass is 32.1. The van der Waals surface area contributed by atoms with Gasteiger partial charge in [-0.05, 0) is 24.3 Å². The second kappa shape index (κ2) is 6.78. The Balaban J connectivity index is 1.55. The van der Waals surface area contributed by atoms with Gasteiger partial charge in [-0.3, -0.25) is 19.1 Å². The third kappa shape index (κ3) is 3.50. The van der Waals surface area contributed by atoms with E-state index in [-0.39, 0.29) is 11.8 Å². The first-order valence-corrected chi connectivity index (χ1v) is 8.20. The fourth-order valence-electron chi connectivity index (χ4n) is 2.61. The number of amides is 2. The Morgan fingerprint density at radius 3 is 3.09 bits per heavy atom. The molecule has 2 aromatic heterocycles. The van der Waals surface area contributed by atoms with Gasteiger partial charge in [0, 0.05) is 19.5 Å². The van der Waals surface area contributed by atoms with Crippen molar-refractivity contribution in [3.8, 4) is 0 Å². The molecule has 2 N–H and O–H groups in total. The van der Waals surface area contributed by atoms with E-state index in [2.05, 4.69) is 20.0 Å². The van der Waals surface area contributed by atoms with Crippen molar-refractivity contribution < 1.29 is 14.1 Å². The Labute approximate surface area is 135 Å². The van der Waals surface area contributed by atoms with Crippen LogP contribution in [0.25, 0.3) is 0 Å². The molecular weight excluding hydrogens is 320 g/mol. The van der Waals surface area contributed by atoms with Gasteiger partial charge >= 0.3 is 5.76 Å². The number of thiophene rings is 1. The Hall–Kier alpha value is -2.42. The van der Waals surface area contributed by atoms with Crippen molar-refractivity contribution >= 4 is 23.2 Å². The number of nitrogens with zero attached hydrogens (tertiary/aromatic N) is 2. The third-order valence-corrected chi connectivity index (χ3v) is 4.55. The van der Waals surface area contributed by atoms with E-state index < -0.39 is 11.8 Å². The summed E-state index contributed by atoms with van der Waals surface area (Å²) >= 11 is 1.37. The molecule has 0 radical (unpaired) electrons. The van der Waals surface area contributed by atoms with Crippen LogP contribution in [0.1, 0.15) is 28.3 Å². The number of carbonyl (C=O) groups excluding carboxylic acids is 2. The predicted molar refractivity (Wildman–Crippen MR) is 82.2 cm³/mol. The molecule has 3 heterocycles. The van der Waals surface area contributed by atoms with Crippen LogP contribution < -0.4 is 11.1 Å². The van der Waals surface area contributed by atoms with E-state index in [1.807, 2.05) is 11.4 Å². The maximum atomic E-state index is 12.4. The van der Waals surface area contributed by atoms with E-state index in [9.17, 15) is 14.4 Å². The highest BCUT2D eigenvalue weighted by Gasteiger charge is 2.34. The molecule has 1 saturated heterocycles. The Morgan fingerprint density at radius 2 is 2.39 bits per heavy atom. The standard InChI is InChI=1S/C14H16N4O4S/c19-12(15-6-5-11-16-14(21)22-17-11)9-3-1-7-18(9)13(20)10-4-2-8-23-10/h2,4,8-9H,1,3,5-7H2,(H,15,19)(H,16,17,21)/t9-/m0/s1. The quantitative estimate of drug-likeness (QED) is 0.821. The molecule has 0 aromatic carbocycles. The fourth-order valence-corrected chi connectivity index (χ4v) is 3.29. The average molecular weight is 336 g/mol. The van der Waals surface area contributed by atoms with Gasteiger partial charge in [0.1, 0.15) is 6.04 Å². The van der Waals surface area contributed by atoms with E-state index in [1.54, 1.807) is 11.0 Å². The van der Waals surface area contributed by atoms with Crippen LogP contribution in [-0.4, -0.2) is 46.0 Å². The highest BCUT2D eigenvalue weighted by molar-refractivity contribution is 7.12. The van der Waals surface area contributed by atoms with Gasteiger partial charge < -0.3 is 10.2 Å². The molecule has 2 aromatic rings. The van der Waals surface area contributed by atoms with Gasteiger partial charge in [-0.1, -0.05) is 11.2 Å². The van der Waals surface area contributed by atoms with E-state index >= 15 is 0 Å². The van der Waals surface area contributed by atoms with Crippen LogP contribution in [0.3, 0.4) is 0 Å². The molecule has 0 spiro atoms. The third-order valence-electron chi connectivity index (χ3n) is 3.69. The van der Waals surface area contributed by atoms with Crippen molar-refractivity contribution in [2.24, 2.45) is 0 Å². The molecule has 23 heavy (non-hydrogen) atoms. The second-order valence-electron chi connectivity index (χ2n) is 5.22. The minimum Gasteiger partial charge on any atom is -0.354 e. The zero-order valence-electron chi connectivity index (χ0n) is 12.3. The lowest BCUT2D eigenvalue weighted by atomic mass is 10.2. The monoisotopic (exact) mass is 336 g/mol. The van der Waals surface area contributed by atoms with Gasteiger partial charge in [0.15, 0.2) is 5.82 Å². The summed E-state index contributed by atoms with van der Waals surface area (Å²) in [5.41, 5.74) is 0. The summed E-state index contributed by atoms with van der Waals surface area (Å²) in [6, 6.07) is 3.14. The second-order valence-corrected chi connectivity index (χ2v) is 6.16. The Morgan fingerprint density at radius 1 is 1.52 bits per heavy atom. The molecule has 1 fully saturated rings. The van der Waals surface area contributed by atoms with Gasteiger partial charge in [-0.2, -0.15) is 0 Å². The summed E-state index contributed by atoms with van der Waals surface area (Å²) in [4.78, 5) is 40.2. The zero-order chi connectivity index (χ0) is 16.2. The summed E-state index contributed by atoms with van der Waals surface area (Å²) < 4.78 is 4.39. The highest BCUT2D eigenvalue weighted by Crippen LogP contribution is 2.22. The van der Waals surface area contributed by atoms with Gasteiger partial charge in [0.2, 0.25) is 5.91 Å². The van der Waals surface area contributed by atoms with Gasteiger partial charge in [-0.15, -0.1) is 11.3 Å². The van der Waals surface area contributed by atoms with Crippen molar-refractivity contribution in [1.82, 2.24) is 20.4 Å². The molecule has 0 aliphatic carbocycles. The molecular formula is C14H16N4O4S. The summed E-state index contributed by atoms with van der Waals surface area (Å²) in [5.74, 6) is -0.514. The normalized spacial score (nSPS) is 17.4. The van der Waals surface area contributed by atoms with Crippen molar-refractivity contribution in [2.45, 2.75) is 25.3 Å². The van der Waals surface area contributed by atoms with E-state index in [1.165, 1.54) is 11.3 Å². The Bertz CT molecular complexity index is 736. The molecule has 0 saturated carbocycles. The summed E-state index contributed by atoms with van der Waals surface area (Å²) in [6.45, 7) is 0.907. The Kier molecular flexibility index (Phi) is 4.56. The molecule has 0 bridgehead atoms. The van der Waals surface area contributed by atoms with Crippen LogP contribution in [0.15, 0.2) is 26.8 Å². The molecule has 1 aliphatic rings. The topological polar surface area (TPSA) is 108 Å². The minimum atomic E-state index is -0.616. The zero-order valence-corrected chi connectivity index (χ0v) is 13.1. The summed E-state index contributed by atoms with van der Waals surface area (Å²) in [5, 5.41) is 8.15. The summed E-state index contributed by atoms with van der Waals surface area (Å²) in [7, 11) is 0. The first-order valence-electron chi connectivity index (χ1n) is 7.32. The number of hydrogen-bond donors (Lipinski definition) is 2. The molecule has 2 amide bonds. The van der Waals surface area contributed by atoms with E-state index in [0.29, 0.717) is 36.6 Å². The van der Waals surface area contributed by atoms with Crippen LogP contribution in [0.4, 0.5) is 0 Å². The molecule has 122 valence electrons. The predicted octanol–water partition coefficient (Wildman–Crippen LogP) is 0.388. The van der Waals surface area contributed by atoms with Crippen LogP contribution in [0.5, 0.6) is 0 Å². The van der Waals surface area contributed by atoms with Crippen molar-refractivity contribution in [1.29, 1.82) is 0 Å². The van der Waals surface area contributed by atoms with Crippen LogP contribution in [0.2, 0.25) is 0 Å². The lowest BCUT2D eigenvalue weighted by molar-refractivity contribution is -0.124. The molecule has 3 rings (SSSR count). The first-order chi connectivity index (χ1) is 11.1. The lowest BCUT2D eigenvalue weighted by Gasteiger charge is -2.23. The fraction of sp³-hybridized carbons (Fsp3) is 0.429. The van der Waals surface area contributed by atoms with Crippen molar-refractivity contribution in [3.63, 3.8) is 0 Å². The number of nitrogens with one attached hydrogen (secondary N) is 2. The van der Waals surface area contributed by atoms with Crippen LogP contribution in [-0.2, 0) is 11.2 Å². The lowest BCUT2D eigenvalue weighted by Crippen LogP contribution is -2.46.